The smallest absolute Gasteiger partial charge is 0.0462 e. The van der Waals surface area contributed by atoms with E-state index in [0.717, 1.165) is 13.2 Å². The quantitative estimate of drug-likeness (QED) is 0.764. The molecule has 1 heterocycles. The third-order valence-electron chi connectivity index (χ3n) is 3.39. The van der Waals surface area contributed by atoms with Gasteiger partial charge in [0, 0.05) is 31.3 Å². The van der Waals surface area contributed by atoms with Gasteiger partial charge in [0.25, 0.3) is 0 Å². The zero-order valence-corrected chi connectivity index (χ0v) is 12.0. The van der Waals surface area contributed by atoms with Crippen LogP contribution in [0.4, 0.5) is 0 Å². The van der Waals surface area contributed by atoms with Crippen LogP contribution in [0.1, 0.15) is 36.4 Å². The Morgan fingerprint density at radius 1 is 1.28 bits per heavy atom. The number of thioether (sulfide) groups is 1. The molecular formula is C15H23NOS. The zero-order chi connectivity index (χ0) is 12.6. The Morgan fingerprint density at radius 2 is 2.17 bits per heavy atom. The number of hydrogen-bond acceptors (Lipinski definition) is 3. The van der Waals surface area contributed by atoms with Crippen molar-refractivity contribution in [3.63, 3.8) is 0 Å². The SMILES string of the molecule is COCCCCCNC1CSCc2ccccc21. The third kappa shape index (κ3) is 4.01. The fraction of sp³-hybridized carbons (Fsp3) is 0.600. The van der Waals surface area contributed by atoms with Gasteiger partial charge in [-0.1, -0.05) is 24.3 Å². The largest absolute Gasteiger partial charge is 0.385 e. The van der Waals surface area contributed by atoms with E-state index < -0.39 is 0 Å². The van der Waals surface area contributed by atoms with Gasteiger partial charge in [0.1, 0.15) is 0 Å². The van der Waals surface area contributed by atoms with Gasteiger partial charge in [-0.25, -0.2) is 0 Å². The molecule has 0 spiro atoms. The summed E-state index contributed by atoms with van der Waals surface area (Å²) in [5.74, 6) is 2.37. The first-order valence-corrected chi connectivity index (χ1v) is 7.95. The molecule has 0 bridgehead atoms. The van der Waals surface area contributed by atoms with Crippen LogP contribution < -0.4 is 5.32 Å². The van der Waals surface area contributed by atoms with Gasteiger partial charge in [0.2, 0.25) is 0 Å². The highest BCUT2D eigenvalue weighted by Crippen LogP contribution is 2.31. The van der Waals surface area contributed by atoms with E-state index in [9.17, 15) is 0 Å². The minimum absolute atomic E-state index is 0.544. The Hall–Kier alpha value is -0.510. The molecule has 0 saturated heterocycles. The molecule has 1 aliphatic rings. The summed E-state index contributed by atoms with van der Waals surface area (Å²) in [5.41, 5.74) is 3.01. The van der Waals surface area contributed by atoms with Crippen molar-refractivity contribution in [2.24, 2.45) is 0 Å². The van der Waals surface area contributed by atoms with Crippen LogP contribution in [-0.2, 0) is 10.5 Å². The summed E-state index contributed by atoms with van der Waals surface area (Å²) >= 11 is 2.04. The van der Waals surface area contributed by atoms with Crippen LogP contribution in [0.25, 0.3) is 0 Å². The maximum absolute atomic E-state index is 5.06. The number of rotatable bonds is 7. The van der Waals surface area contributed by atoms with Crippen molar-refractivity contribution in [1.82, 2.24) is 5.32 Å². The van der Waals surface area contributed by atoms with Gasteiger partial charge in [-0.15, -0.1) is 0 Å². The third-order valence-corrected chi connectivity index (χ3v) is 4.47. The zero-order valence-electron chi connectivity index (χ0n) is 11.2. The van der Waals surface area contributed by atoms with Crippen LogP contribution in [-0.4, -0.2) is 26.0 Å². The van der Waals surface area contributed by atoms with Crippen LogP contribution in [0.3, 0.4) is 0 Å². The molecule has 1 N–H and O–H groups in total. The van der Waals surface area contributed by atoms with Gasteiger partial charge >= 0.3 is 0 Å². The van der Waals surface area contributed by atoms with Crippen molar-refractivity contribution >= 4 is 11.8 Å². The molecule has 18 heavy (non-hydrogen) atoms. The summed E-state index contributed by atoms with van der Waals surface area (Å²) in [6, 6.07) is 9.38. The van der Waals surface area contributed by atoms with E-state index in [4.69, 9.17) is 4.74 Å². The second-order valence-electron chi connectivity index (χ2n) is 4.77. The lowest BCUT2D eigenvalue weighted by molar-refractivity contribution is 0.192. The molecule has 0 saturated carbocycles. The van der Waals surface area contributed by atoms with E-state index in [0.29, 0.717) is 6.04 Å². The van der Waals surface area contributed by atoms with Crippen LogP contribution >= 0.6 is 11.8 Å². The molecule has 1 aliphatic heterocycles. The number of fused-ring (bicyclic) bond motifs is 1. The number of methoxy groups -OCH3 is 1. The molecule has 1 unspecified atom stereocenters. The van der Waals surface area contributed by atoms with Crippen LogP contribution in [0.2, 0.25) is 0 Å². The van der Waals surface area contributed by atoms with Crippen molar-refractivity contribution < 1.29 is 4.74 Å². The molecule has 0 fully saturated rings. The summed E-state index contributed by atoms with van der Waals surface area (Å²) in [5, 5.41) is 3.69. The average Bonchev–Trinajstić information content (AvgIpc) is 2.43. The van der Waals surface area contributed by atoms with E-state index in [2.05, 4.69) is 29.6 Å². The van der Waals surface area contributed by atoms with E-state index in [1.54, 1.807) is 7.11 Å². The fourth-order valence-electron chi connectivity index (χ4n) is 2.38. The number of ether oxygens (including phenoxy) is 1. The number of nitrogens with one attached hydrogen (secondary N) is 1. The van der Waals surface area contributed by atoms with E-state index in [1.165, 1.54) is 41.9 Å². The molecule has 0 radical (unpaired) electrons. The monoisotopic (exact) mass is 265 g/mol. The van der Waals surface area contributed by atoms with E-state index in [-0.39, 0.29) is 0 Å². The normalized spacial score (nSPS) is 18.6. The van der Waals surface area contributed by atoms with Crippen LogP contribution in [0.5, 0.6) is 0 Å². The van der Waals surface area contributed by atoms with Gasteiger partial charge in [-0.05, 0) is 36.9 Å². The van der Waals surface area contributed by atoms with Crippen LogP contribution in [0, 0.1) is 0 Å². The number of hydrogen-bond donors (Lipinski definition) is 1. The number of benzene rings is 1. The molecule has 0 aliphatic carbocycles. The van der Waals surface area contributed by atoms with Gasteiger partial charge < -0.3 is 10.1 Å². The lowest BCUT2D eigenvalue weighted by Gasteiger charge is -2.26. The summed E-state index contributed by atoms with van der Waals surface area (Å²) in [4.78, 5) is 0. The Balaban J connectivity index is 1.74. The molecule has 0 aromatic heterocycles. The highest BCUT2D eigenvalue weighted by atomic mass is 32.2. The molecule has 1 aromatic rings. The predicted molar refractivity (Wildman–Crippen MR) is 79.1 cm³/mol. The minimum Gasteiger partial charge on any atom is -0.385 e. The topological polar surface area (TPSA) is 21.3 Å². The molecule has 2 rings (SSSR count). The standard InChI is InChI=1S/C15H23NOS/c1-17-10-6-2-5-9-16-15-12-18-11-13-7-3-4-8-14(13)15/h3-4,7-8,15-16H,2,5-6,9-12H2,1H3. The van der Waals surface area contributed by atoms with E-state index in [1.807, 2.05) is 11.8 Å². The lowest BCUT2D eigenvalue weighted by Crippen LogP contribution is -2.27. The second kappa shape index (κ2) is 7.82. The maximum atomic E-state index is 5.06. The highest BCUT2D eigenvalue weighted by molar-refractivity contribution is 7.98. The summed E-state index contributed by atoms with van der Waals surface area (Å²) < 4.78 is 5.06. The van der Waals surface area contributed by atoms with Crippen molar-refractivity contribution in [2.45, 2.75) is 31.1 Å². The van der Waals surface area contributed by atoms with Gasteiger partial charge in [0.15, 0.2) is 0 Å². The predicted octanol–water partition coefficient (Wildman–Crippen LogP) is 3.38. The Kier molecular flexibility index (Phi) is 6.05. The molecule has 1 atom stereocenters. The van der Waals surface area contributed by atoms with Gasteiger partial charge in [0.05, 0.1) is 0 Å². The van der Waals surface area contributed by atoms with Crippen molar-refractivity contribution in [3.8, 4) is 0 Å². The summed E-state index contributed by atoms with van der Waals surface area (Å²) in [6.45, 7) is 2.01. The summed E-state index contributed by atoms with van der Waals surface area (Å²) in [6.07, 6.45) is 3.67. The first-order chi connectivity index (χ1) is 8.92. The highest BCUT2D eigenvalue weighted by Gasteiger charge is 2.18. The first-order valence-electron chi connectivity index (χ1n) is 6.79. The van der Waals surface area contributed by atoms with Crippen molar-refractivity contribution in [1.29, 1.82) is 0 Å². The lowest BCUT2D eigenvalue weighted by atomic mass is 10.0. The molecule has 2 nitrogen and oxygen atoms in total. The van der Waals surface area contributed by atoms with Crippen LogP contribution in [0.15, 0.2) is 24.3 Å². The minimum atomic E-state index is 0.544. The molecule has 3 heteroatoms. The Bertz CT molecular complexity index is 356. The summed E-state index contributed by atoms with van der Waals surface area (Å²) in [7, 11) is 1.77. The second-order valence-corrected chi connectivity index (χ2v) is 5.80. The first kappa shape index (κ1) is 13.9. The fourth-order valence-corrected chi connectivity index (χ4v) is 3.51. The molecule has 1 aromatic carbocycles. The average molecular weight is 265 g/mol. The van der Waals surface area contributed by atoms with Gasteiger partial charge in [-0.3, -0.25) is 0 Å². The Labute approximate surface area is 114 Å². The van der Waals surface area contributed by atoms with Crippen molar-refractivity contribution in [3.05, 3.63) is 35.4 Å². The van der Waals surface area contributed by atoms with E-state index >= 15 is 0 Å². The maximum Gasteiger partial charge on any atom is 0.0462 e. The number of unbranched alkanes of at least 4 members (excludes halogenated alkanes) is 2. The Morgan fingerprint density at radius 3 is 3.06 bits per heavy atom. The molecule has 0 amide bonds. The molecule has 100 valence electrons. The van der Waals surface area contributed by atoms with Crippen molar-refractivity contribution in [2.75, 3.05) is 26.0 Å². The molecular weight excluding hydrogens is 242 g/mol. The van der Waals surface area contributed by atoms with Gasteiger partial charge in [-0.2, -0.15) is 11.8 Å².